The van der Waals surface area contributed by atoms with Crippen LogP contribution in [0.15, 0.2) is 18.2 Å². The number of nitrogens with zero attached hydrogens (tertiary/aromatic N) is 1. The fraction of sp³-hybridized carbons (Fsp3) is 0.571. The first-order chi connectivity index (χ1) is 9.02. The van der Waals surface area contributed by atoms with Gasteiger partial charge in [-0.2, -0.15) is 0 Å². The van der Waals surface area contributed by atoms with Crippen LogP contribution in [0.5, 0.6) is 0 Å². The van der Waals surface area contributed by atoms with E-state index in [4.69, 9.17) is 15.6 Å². The Bertz CT molecular complexity index is 439. The van der Waals surface area contributed by atoms with Crippen LogP contribution in [-0.4, -0.2) is 37.0 Å². The van der Waals surface area contributed by atoms with E-state index >= 15 is 0 Å². The van der Waals surface area contributed by atoms with E-state index in [2.05, 4.69) is 0 Å². The molecule has 1 aromatic carbocycles. The number of aliphatic hydroxyl groups is 1. The molecular weight excluding hydrogens is 247 g/mol. The molecule has 1 saturated heterocycles. The highest BCUT2D eigenvalue weighted by molar-refractivity contribution is 5.51. The molecule has 0 spiro atoms. The summed E-state index contributed by atoms with van der Waals surface area (Å²) in [6, 6.07) is 4.98. The van der Waals surface area contributed by atoms with Gasteiger partial charge in [0, 0.05) is 18.6 Å². The first-order valence-corrected chi connectivity index (χ1v) is 6.57. The number of morpholine rings is 1. The second-order valence-corrected chi connectivity index (χ2v) is 5.14. The zero-order chi connectivity index (χ0) is 14.0. The van der Waals surface area contributed by atoms with Gasteiger partial charge in [-0.25, -0.2) is 4.39 Å². The number of nitrogens with two attached hydrogens (primary N) is 1. The normalized spacial score (nSPS) is 25.4. The number of anilines is 1. The van der Waals surface area contributed by atoms with Crippen molar-refractivity contribution in [1.29, 1.82) is 0 Å². The molecule has 3 N–H and O–H groups in total. The van der Waals surface area contributed by atoms with Crippen molar-refractivity contribution in [3.63, 3.8) is 0 Å². The van der Waals surface area contributed by atoms with Crippen LogP contribution in [0.3, 0.4) is 0 Å². The Morgan fingerprint density at radius 1 is 1.58 bits per heavy atom. The predicted octanol–water partition coefficient (Wildman–Crippen LogP) is 1.43. The third kappa shape index (κ3) is 3.05. The number of halogens is 1. The molecule has 19 heavy (non-hydrogen) atoms. The van der Waals surface area contributed by atoms with Gasteiger partial charge in [-0.1, -0.05) is 6.07 Å². The Morgan fingerprint density at radius 3 is 2.89 bits per heavy atom. The molecule has 0 saturated carbocycles. The molecule has 2 unspecified atom stereocenters. The number of aliphatic hydroxyl groups excluding tert-OH is 1. The first-order valence-electron chi connectivity index (χ1n) is 6.57. The second kappa shape index (κ2) is 5.86. The van der Waals surface area contributed by atoms with E-state index in [1.165, 1.54) is 6.07 Å². The van der Waals surface area contributed by atoms with E-state index in [1.807, 2.05) is 24.8 Å². The molecule has 0 radical (unpaired) electrons. The van der Waals surface area contributed by atoms with E-state index in [0.29, 0.717) is 18.8 Å². The summed E-state index contributed by atoms with van der Waals surface area (Å²) in [4.78, 5) is 1.94. The van der Waals surface area contributed by atoms with Gasteiger partial charge < -0.3 is 20.5 Å². The molecule has 1 aliphatic heterocycles. The number of hydrogen-bond donors (Lipinski definition) is 2. The van der Waals surface area contributed by atoms with Gasteiger partial charge in [-0.15, -0.1) is 0 Å². The monoisotopic (exact) mass is 268 g/mol. The topological polar surface area (TPSA) is 58.7 Å². The highest BCUT2D eigenvalue weighted by atomic mass is 19.1. The van der Waals surface area contributed by atoms with Gasteiger partial charge in [-0.3, -0.25) is 0 Å². The van der Waals surface area contributed by atoms with Gasteiger partial charge in [0.2, 0.25) is 0 Å². The molecule has 1 fully saturated rings. The lowest BCUT2D eigenvalue weighted by atomic mass is 10.1. The molecule has 1 heterocycles. The predicted molar refractivity (Wildman–Crippen MR) is 72.6 cm³/mol. The van der Waals surface area contributed by atoms with Crippen molar-refractivity contribution in [3.05, 3.63) is 29.6 Å². The van der Waals surface area contributed by atoms with Crippen LogP contribution in [0.4, 0.5) is 10.1 Å². The smallest absolute Gasteiger partial charge is 0.146 e. The molecule has 0 aliphatic carbocycles. The third-order valence-corrected chi connectivity index (χ3v) is 3.52. The van der Waals surface area contributed by atoms with Crippen LogP contribution in [0.25, 0.3) is 0 Å². The van der Waals surface area contributed by atoms with E-state index < -0.39 is 0 Å². The summed E-state index contributed by atoms with van der Waals surface area (Å²) >= 11 is 0. The van der Waals surface area contributed by atoms with Crippen molar-refractivity contribution in [1.82, 2.24) is 0 Å². The van der Waals surface area contributed by atoms with Crippen molar-refractivity contribution >= 4 is 5.69 Å². The average Bonchev–Trinajstić information content (AvgIpc) is 2.39. The van der Waals surface area contributed by atoms with Crippen LogP contribution in [0.2, 0.25) is 0 Å². The van der Waals surface area contributed by atoms with Crippen LogP contribution in [0, 0.1) is 5.82 Å². The maximum Gasteiger partial charge on any atom is 0.146 e. The van der Waals surface area contributed by atoms with Gasteiger partial charge in [0.15, 0.2) is 0 Å². The summed E-state index contributed by atoms with van der Waals surface area (Å²) in [5, 5.41) is 9.17. The van der Waals surface area contributed by atoms with Crippen molar-refractivity contribution in [2.75, 3.05) is 24.7 Å². The summed E-state index contributed by atoms with van der Waals surface area (Å²) < 4.78 is 19.7. The SMILES string of the molecule is CC1COC(CO)CN1c1ccc([C@@H](C)N)cc1F. The molecular formula is C14H21FN2O2. The van der Waals surface area contributed by atoms with Gasteiger partial charge >= 0.3 is 0 Å². The zero-order valence-corrected chi connectivity index (χ0v) is 11.3. The number of ether oxygens (including phenoxy) is 1. The third-order valence-electron chi connectivity index (χ3n) is 3.52. The van der Waals surface area contributed by atoms with Gasteiger partial charge in [0.05, 0.1) is 25.0 Å². The number of hydrogen-bond acceptors (Lipinski definition) is 4. The Balaban J connectivity index is 2.24. The first kappa shape index (κ1) is 14.2. The minimum Gasteiger partial charge on any atom is -0.394 e. The molecule has 0 amide bonds. The lowest BCUT2D eigenvalue weighted by molar-refractivity contribution is -0.0105. The summed E-state index contributed by atoms with van der Waals surface area (Å²) in [5.74, 6) is -0.278. The molecule has 4 nitrogen and oxygen atoms in total. The molecule has 0 aromatic heterocycles. The number of benzene rings is 1. The minimum absolute atomic E-state index is 0.0528. The summed E-state index contributed by atoms with van der Waals surface area (Å²) in [5.41, 5.74) is 7.07. The van der Waals surface area contributed by atoms with Crippen LogP contribution < -0.4 is 10.6 Å². The largest absolute Gasteiger partial charge is 0.394 e. The van der Waals surface area contributed by atoms with Crippen LogP contribution >= 0.6 is 0 Å². The van der Waals surface area contributed by atoms with Gasteiger partial charge in [0.25, 0.3) is 0 Å². The van der Waals surface area contributed by atoms with E-state index in [1.54, 1.807) is 6.07 Å². The van der Waals surface area contributed by atoms with E-state index in [9.17, 15) is 4.39 Å². The maximum absolute atomic E-state index is 14.2. The zero-order valence-electron chi connectivity index (χ0n) is 11.3. The van der Waals surface area contributed by atoms with Gasteiger partial charge in [0.1, 0.15) is 5.82 Å². The quantitative estimate of drug-likeness (QED) is 0.870. The van der Waals surface area contributed by atoms with Crippen molar-refractivity contribution in [3.8, 4) is 0 Å². The Kier molecular flexibility index (Phi) is 4.39. The van der Waals surface area contributed by atoms with Gasteiger partial charge in [-0.05, 0) is 31.5 Å². The van der Waals surface area contributed by atoms with Crippen molar-refractivity contribution < 1.29 is 14.2 Å². The summed E-state index contributed by atoms with van der Waals surface area (Å²) in [7, 11) is 0. The molecule has 1 aromatic rings. The average molecular weight is 268 g/mol. The molecule has 1 aliphatic rings. The highest BCUT2D eigenvalue weighted by Gasteiger charge is 2.27. The Labute approximate surface area is 113 Å². The Morgan fingerprint density at radius 2 is 2.32 bits per heavy atom. The summed E-state index contributed by atoms with van der Waals surface area (Å²) in [6.07, 6.45) is -0.260. The summed E-state index contributed by atoms with van der Waals surface area (Å²) in [6.45, 7) is 4.73. The fourth-order valence-corrected chi connectivity index (χ4v) is 2.30. The highest BCUT2D eigenvalue weighted by Crippen LogP contribution is 2.27. The molecule has 106 valence electrons. The van der Waals surface area contributed by atoms with Crippen LogP contribution in [-0.2, 0) is 4.74 Å². The van der Waals surface area contributed by atoms with Crippen molar-refractivity contribution in [2.45, 2.75) is 32.0 Å². The lowest BCUT2D eigenvalue weighted by Gasteiger charge is -2.39. The molecule has 0 bridgehead atoms. The lowest BCUT2D eigenvalue weighted by Crippen LogP contribution is -2.50. The van der Waals surface area contributed by atoms with Crippen molar-refractivity contribution in [2.24, 2.45) is 5.73 Å². The van der Waals surface area contributed by atoms with Crippen LogP contribution in [0.1, 0.15) is 25.5 Å². The Hall–Kier alpha value is -1.17. The molecule has 2 rings (SSSR count). The van der Waals surface area contributed by atoms with E-state index in [-0.39, 0.29) is 30.6 Å². The molecule has 3 atom stereocenters. The minimum atomic E-state index is -0.278. The standard InChI is InChI=1S/C14H21FN2O2/c1-9-8-19-12(7-18)6-17(9)14-4-3-11(10(2)16)5-13(14)15/h3-5,9-10,12,18H,6-8,16H2,1-2H3/t9?,10-,12?/m1/s1. The molecule has 5 heteroatoms. The second-order valence-electron chi connectivity index (χ2n) is 5.14. The fourth-order valence-electron chi connectivity index (χ4n) is 2.30. The van der Waals surface area contributed by atoms with E-state index in [0.717, 1.165) is 5.56 Å². The maximum atomic E-state index is 14.2. The number of rotatable bonds is 3.